The first-order valence-corrected chi connectivity index (χ1v) is 8.93. The molecule has 0 aliphatic rings. The Balaban J connectivity index is 4.16. The van der Waals surface area contributed by atoms with E-state index in [1.807, 2.05) is 0 Å². The van der Waals surface area contributed by atoms with E-state index >= 15 is 0 Å². The first-order chi connectivity index (χ1) is 6.20. The van der Waals surface area contributed by atoms with Crippen LogP contribution in [0.4, 0.5) is 0 Å². The number of carbonyl (C=O) groups is 1. The fraction of sp³-hybridized carbons (Fsp3) is 0.917. The lowest BCUT2D eigenvalue weighted by Crippen LogP contribution is -2.39. The minimum atomic E-state index is -1.37. The summed E-state index contributed by atoms with van der Waals surface area (Å²) < 4.78 is 0. The van der Waals surface area contributed by atoms with Gasteiger partial charge in [-0.1, -0.05) is 47.2 Å². The molecule has 0 heterocycles. The lowest BCUT2D eigenvalue weighted by Gasteiger charge is -2.36. The maximum Gasteiger partial charge on any atom is 0.130 e. The molecule has 0 saturated heterocycles. The van der Waals surface area contributed by atoms with Crippen LogP contribution < -0.4 is 0 Å². The standard InChI is InChI=1S/C12H26OSi/c1-7-8-9-11(13)10-14(5,6)12(2,3)4/h7-10H2,1-6H3. The summed E-state index contributed by atoms with van der Waals surface area (Å²) in [6.07, 6.45) is 2.99. The van der Waals surface area contributed by atoms with E-state index in [9.17, 15) is 4.79 Å². The van der Waals surface area contributed by atoms with Crippen LogP contribution in [0.5, 0.6) is 0 Å². The molecule has 0 rings (SSSR count). The number of Topliss-reactive ketones (excluding diaryl/α,β-unsaturated/α-hetero) is 1. The van der Waals surface area contributed by atoms with Gasteiger partial charge >= 0.3 is 0 Å². The second kappa shape index (κ2) is 5.10. The Bertz CT molecular complexity index is 189. The first kappa shape index (κ1) is 13.9. The number of carbonyl (C=O) groups excluding carboxylic acids is 1. The van der Waals surface area contributed by atoms with Crippen LogP contribution in [-0.4, -0.2) is 13.9 Å². The van der Waals surface area contributed by atoms with E-state index in [0.29, 0.717) is 10.8 Å². The summed E-state index contributed by atoms with van der Waals surface area (Å²) in [5, 5.41) is 0.342. The van der Waals surface area contributed by atoms with Crippen LogP contribution in [0.25, 0.3) is 0 Å². The molecule has 0 aromatic carbocycles. The molecule has 0 saturated carbocycles. The zero-order chi connectivity index (χ0) is 11.4. The summed E-state index contributed by atoms with van der Waals surface area (Å²) in [5.74, 6) is 0.485. The highest BCUT2D eigenvalue weighted by atomic mass is 28.3. The van der Waals surface area contributed by atoms with E-state index in [-0.39, 0.29) is 0 Å². The molecular weight excluding hydrogens is 188 g/mol. The Morgan fingerprint density at radius 1 is 1.21 bits per heavy atom. The fourth-order valence-corrected chi connectivity index (χ4v) is 2.91. The van der Waals surface area contributed by atoms with Gasteiger partial charge in [-0.15, -0.1) is 0 Å². The van der Waals surface area contributed by atoms with Crippen molar-refractivity contribution in [3.63, 3.8) is 0 Å². The molecule has 0 unspecified atom stereocenters. The van der Waals surface area contributed by atoms with Gasteiger partial charge in [-0.3, -0.25) is 0 Å². The second-order valence-corrected chi connectivity index (χ2v) is 11.6. The lowest BCUT2D eigenvalue weighted by molar-refractivity contribution is -0.117. The van der Waals surface area contributed by atoms with Gasteiger partial charge in [-0.25, -0.2) is 0 Å². The molecule has 0 aromatic heterocycles. The Labute approximate surface area is 90.3 Å². The van der Waals surface area contributed by atoms with Crippen molar-refractivity contribution in [2.24, 2.45) is 0 Å². The van der Waals surface area contributed by atoms with Gasteiger partial charge in [-0.2, -0.15) is 0 Å². The third-order valence-electron chi connectivity index (χ3n) is 3.48. The molecule has 0 amide bonds. The molecule has 0 fully saturated rings. The summed E-state index contributed by atoms with van der Waals surface area (Å²) in [5.41, 5.74) is 0. The smallest absolute Gasteiger partial charge is 0.130 e. The van der Waals surface area contributed by atoms with Crippen molar-refractivity contribution in [1.82, 2.24) is 0 Å². The van der Waals surface area contributed by atoms with Gasteiger partial charge < -0.3 is 4.79 Å². The SMILES string of the molecule is CCCCC(=O)C[Si](C)(C)C(C)(C)C. The van der Waals surface area contributed by atoms with E-state index in [0.717, 1.165) is 25.3 Å². The maximum absolute atomic E-state index is 11.7. The van der Waals surface area contributed by atoms with Crippen LogP contribution in [-0.2, 0) is 4.79 Å². The predicted octanol–water partition coefficient (Wildman–Crippen LogP) is 4.25. The van der Waals surface area contributed by atoms with Crippen LogP contribution in [0, 0.1) is 0 Å². The molecule has 0 radical (unpaired) electrons. The maximum atomic E-state index is 11.7. The topological polar surface area (TPSA) is 17.1 Å². The van der Waals surface area contributed by atoms with Crippen molar-refractivity contribution >= 4 is 13.9 Å². The van der Waals surface area contributed by atoms with Crippen molar-refractivity contribution in [2.45, 2.75) is 71.1 Å². The highest BCUT2D eigenvalue weighted by molar-refractivity contribution is 6.82. The Morgan fingerprint density at radius 2 is 1.71 bits per heavy atom. The normalized spacial score (nSPS) is 13.0. The zero-order valence-corrected chi connectivity index (χ0v) is 11.7. The Kier molecular flexibility index (Phi) is 5.06. The largest absolute Gasteiger partial charge is 0.300 e. The van der Waals surface area contributed by atoms with Gasteiger partial charge in [-0.05, 0) is 11.5 Å². The predicted molar refractivity (Wildman–Crippen MR) is 66.5 cm³/mol. The average Bonchev–Trinajstić information content (AvgIpc) is 1.97. The van der Waals surface area contributed by atoms with Crippen LogP contribution >= 0.6 is 0 Å². The van der Waals surface area contributed by atoms with Crippen LogP contribution in [0.3, 0.4) is 0 Å². The average molecular weight is 214 g/mol. The highest BCUT2D eigenvalue weighted by Gasteiger charge is 2.36. The molecule has 0 N–H and O–H groups in total. The van der Waals surface area contributed by atoms with Gasteiger partial charge in [0.05, 0.1) is 8.07 Å². The third kappa shape index (κ3) is 4.40. The van der Waals surface area contributed by atoms with E-state index in [4.69, 9.17) is 0 Å². The van der Waals surface area contributed by atoms with Crippen LogP contribution in [0.2, 0.25) is 24.2 Å². The lowest BCUT2D eigenvalue weighted by atomic mass is 10.2. The number of unbranched alkanes of at least 4 members (excludes halogenated alkanes) is 1. The molecule has 0 bridgehead atoms. The Hall–Kier alpha value is -0.113. The molecule has 0 aliphatic carbocycles. The fourth-order valence-electron chi connectivity index (χ4n) is 1.22. The monoisotopic (exact) mass is 214 g/mol. The molecular formula is C12H26OSi. The highest BCUT2D eigenvalue weighted by Crippen LogP contribution is 2.38. The number of rotatable bonds is 5. The van der Waals surface area contributed by atoms with Gasteiger partial charge in [0.15, 0.2) is 0 Å². The third-order valence-corrected chi connectivity index (χ3v) is 8.82. The minimum Gasteiger partial charge on any atom is -0.300 e. The van der Waals surface area contributed by atoms with Crippen molar-refractivity contribution in [2.75, 3.05) is 0 Å². The second-order valence-electron chi connectivity index (χ2n) is 5.95. The number of hydrogen-bond donors (Lipinski definition) is 0. The molecule has 1 nitrogen and oxygen atoms in total. The molecule has 0 aliphatic heterocycles. The minimum absolute atomic E-state index is 0.342. The van der Waals surface area contributed by atoms with E-state index in [1.165, 1.54) is 0 Å². The summed E-state index contributed by atoms with van der Waals surface area (Å²) >= 11 is 0. The van der Waals surface area contributed by atoms with Gasteiger partial charge in [0, 0.05) is 12.5 Å². The molecule has 2 heteroatoms. The number of ketones is 1. The van der Waals surface area contributed by atoms with E-state index < -0.39 is 8.07 Å². The Morgan fingerprint density at radius 3 is 2.07 bits per heavy atom. The first-order valence-electron chi connectivity index (χ1n) is 5.72. The molecule has 0 spiro atoms. The zero-order valence-electron chi connectivity index (χ0n) is 10.7. The van der Waals surface area contributed by atoms with Crippen LogP contribution in [0.1, 0.15) is 47.0 Å². The summed E-state index contributed by atoms with van der Waals surface area (Å²) in [6.45, 7) is 13.6. The molecule has 0 atom stereocenters. The van der Waals surface area contributed by atoms with Gasteiger partial charge in [0.1, 0.15) is 5.78 Å². The van der Waals surface area contributed by atoms with Crippen molar-refractivity contribution in [3.8, 4) is 0 Å². The van der Waals surface area contributed by atoms with Crippen molar-refractivity contribution < 1.29 is 4.79 Å². The molecule has 0 aromatic rings. The van der Waals surface area contributed by atoms with Crippen LogP contribution in [0.15, 0.2) is 0 Å². The quantitative estimate of drug-likeness (QED) is 0.625. The van der Waals surface area contributed by atoms with Gasteiger partial charge in [0.2, 0.25) is 0 Å². The number of hydrogen-bond acceptors (Lipinski definition) is 1. The van der Waals surface area contributed by atoms with E-state index in [1.54, 1.807) is 0 Å². The summed E-state index contributed by atoms with van der Waals surface area (Å²) in [6, 6.07) is 0.858. The summed E-state index contributed by atoms with van der Waals surface area (Å²) in [4.78, 5) is 11.7. The molecule has 84 valence electrons. The van der Waals surface area contributed by atoms with Crippen molar-refractivity contribution in [1.29, 1.82) is 0 Å². The van der Waals surface area contributed by atoms with Crippen molar-refractivity contribution in [3.05, 3.63) is 0 Å². The summed E-state index contributed by atoms with van der Waals surface area (Å²) in [7, 11) is -1.37. The van der Waals surface area contributed by atoms with E-state index in [2.05, 4.69) is 40.8 Å². The van der Waals surface area contributed by atoms with Gasteiger partial charge in [0.25, 0.3) is 0 Å². The molecule has 14 heavy (non-hydrogen) atoms.